The topological polar surface area (TPSA) is 44.8 Å². The van der Waals surface area contributed by atoms with Crippen LogP contribution in [0, 0.1) is 0 Å². The Hall–Kier alpha value is -1.68. The van der Waals surface area contributed by atoms with Gasteiger partial charge in [0.05, 0.1) is 21.3 Å². The first-order valence-corrected chi connectivity index (χ1v) is 5.12. The second-order valence-electron chi connectivity index (χ2n) is 3.17. The summed E-state index contributed by atoms with van der Waals surface area (Å²) in [6, 6.07) is 3.23. The van der Waals surface area contributed by atoms with Gasteiger partial charge in [0.1, 0.15) is 0 Å². The summed E-state index contributed by atoms with van der Waals surface area (Å²) in [4.78, 5) is 11.1. The Bertz CT molecular complexity index is 429. The van der Waals surface area contributed by atoms with Crippen molar-refractivity contribution in [3.8, 4) is 17.2 Å². The molecule has 0 heterocycles. The number of hydrogen-bond donors (Lipinski definition) is 0. The normalized spacial score (nSPS) is 9.65. The van der Waals surface area contributed by atoms with E-state index in [2.05, 4.69) is 6.58 Å². The Morgan fingerprint density at radius 3 is 1.88 bits per heavy atom. The van der Waals surface area contributed by atoms with Crippen molar-refractivity contribution in [1.29, 1.82) is 0 Å². The number of benzene rings is 1. The van der Waals surface area contributed by atoms with E-state index in [1.54, 1.807) is 12.1 Å². The molecule has 1 rings (SSSR count). The highest BCUT2D eigenvalue weighted by Gasteiger charge is 2.16. The van der Waals surface area contributed by atoms with E-state index in [0.717, 1.165) is 0 Å². The molecule has 0 aliphatic heterocycles. The molecule has 0 unspecified atom stereocenters. The average Bonchev–Trinajstić information content (AvgIpc) is 2.35. The molecule has 0 aromatic heterocycles. The van der Waals surface area contributed by atoms with Crippen LogP contribution >= 0.6 is 11.6 Å². The highest BCUT2D eigenvalue weighted by atomic mass is 35.5. The van der Waals surface area contributed by atoms with E-state index in [1.165, 1.54) is 21.3 Å². The van der Waals surface area contributed by atoms with Gasteiger partial charge in [-0.05, 0) is 29.3 Å². The van der Waals surface area contributed by atoms with E-state index >= 15 is 0 Å². The lowest BCUT2D eigenvalue weighted by Gasteiger charge is -2.14. The second-order valence-corrected chi connectivity index (χ2v) is 3.51. The second kappa shape index (κ2) is 5.59. The first-order chi connectivity index (χ1) is 8.04. The van der Waals surface area contributed by atoms with Gasteiger partial charge >= 0.3 is 0 Å². The summed E-state index contributed by atoms with van der Waals surface area (Å²) in [5.74, 6) is 1.34. The van der Waals surface area contributed by atoms with Crippen LogP contribution in [0.5, 0.6) is 17.2 Å². The summed E-state index contributed by atoms with van der Waals surface area (Å²) >= 11 is 5.38. The summed E-state index contributed by atoms with van der Waals surface area (Å²) in [6.07, 6.45) is 0. The number of allylic oxidation sites excluding steroid dienone is 1. The first kappa shape index (κ1) is 13.4. The molecule has 0 saturated carbocycles. The van der Waals surface area contributed by atoms with E-state index in [0.29, 0.717) is 22.8 Å². The number of carbonyl (C=O) groups excluding carboxylic acids is 1. The Morgan fingerprint density at radius 2 is 1.59 bits per heavy atom. The lowest BCUT2D eigenvalue weighted by Crippen LogP contribution is -1.98. The SMILES string of the molecule is C=C(C(=O)Cl)c1cc(OC)c(OC)c(OC)c1. The van der Waals surface area contributed by atoms with Gasteiger partial charge in [-0.1, -0.05) is 6.58 Å². The smallest absolute Gasteiger partial charge is 0.252 e. The number of carbonyl (C=O) groups is 1. The first-order valence-electron chi connectivity index (χ1n) is 4.74. The third kappa shape index (κ3) is 2.71. The zero-order chi connectivity index (χ0) is 13.0. The summed E-state index contributed by atoms with van der Waals surface area (Å²) in [7, 11) is 4.49. The molecule has 0 aliphatic carbocycles. The van der Waals surface area contributed by atoms with E-state index in [1.807, 2.05) is 0 Å². The van der Waals surface area contributed by atoms with Crippen molar-refractivity contribution < 1.29 is 19.0 Å². The van der Waals surface area contributed by atoms with Gasteiger partial charge in [0.2, 0.25) is 5.75 Å². The predicted octanol–water partition coefficient (Wildman–Crippen LogP) is 2.49. The fourth-order valence-electron chi connectivity index (χ4n) is 1.37. The molecule has 92 valence electrons. The molecule has 0 atom stereocenters. The number of ether oxygens (including phenoxy) is 3. The van der Waals surface area contributed by atoms with Gasteiger partial charge in [-0.25, -0.2) is 0 Å². The lowest BCUT2D eigenvalue weighted by atomic mass is 10.1. The molecule has 4 nitrogen and oxygen atoms in total. The molecule has 0 saturated heterocycles. The van der Waals surface area contributed by atoms with Crippen LogP contribution in [-0.2, 0) is 4.79 Å². The molecular weight excluding hydrogens is 244 g/mol. The van der Waals surface area contributed by atoms with Gasteiger partial charge in [0, 0.05) is 5.57 Å². The van der Waals surface area contributed by atoms with Gasteiger partial charge in [0.15, 0.2) is 11.5 Å². The Labute approximate surface area is 105 Å². The van der Waals surface area contributed by atoms with Crippen LogP contribution in [0.3, 0.4) is 0 Å². The molecule has 5 heteroatoms. The number of hydrogen-bond acceptors (Lipinski definition) is 4. The van der Waals surface area contributed by atoms with Crippen molar-refractivity contribution in [3.63, 3.8) is 0 Å². The monoisotopic (exact) mass is 256 g/mol. The predicted molar refractivity (Wildman–Crippen MR) is 66.0 cm³/mol. The molecule has 0 radical (unpaired) electrons. The molecule has 0 amide bonds. The van der Waals surface area contributed by atoms with Crippen molar-refractivity contribution in [2.45, 2.75) is 0 Å². The molecule has 17 heavy (non-hydrogen) atoms. The zero-order valence-electron chi connectivity index (χ0n) is 9.87. The largest absolute Gasteiger partial charge is 0.493 e. The molecule has 0 fully saturated rings. The van der Waals surface area contributed by atoms with Crippen LogP contribution in [0.2, 0.25) is 0 Å². The molecule has 0 bridgehead atoms. The number of methoxy groups -OCH3 is 3. The van der Waals surface area contributed by atoms with Crippen LogP contribution in [0.25, 0.3) is 5.57 Å². The standard InChI is InChI=1S/C12H13ClO4/c1-7(12(13)14)8-5-9(15-2)11(17-4)10(6-8)16-3/h5-6H,1H2,2-4H3. The highest BCUT2D eigenvalue weighted by Crippen LogP contribution is 2.39. The minimum absolute atomic E-state index is 0.172. The molecule has 0 aliphatic rings. The number of halogens is 1. The van der Waals surface area contributed by atoms with Crippen LogP contribution in [0.15, 0.2) is 18.7 Å². The third-order valence-electron chi connectivity index (χ3n) is 2.25. The fraction of sp³-hybridized carbons (Fsp3) is 0.250. The molecular formula is C12H13ClO4. The maximum absolute atomic E-state index is 11.1. The van der Waals surface area contributed by atoms with Gasteiger partial charge in [-0.3, -0.25) is 4.79 Å². The minimum Gasteiger partial charge on any atom is -0.493 e. The molecule has 1 aromatic rings. The maximum Gasteiger partial charge on any atom is 0.252 e. The van der Waals surface area contributed by atoms with Gasteiger partial charge in [0.25, 0.3) is 5.24 Å². The third-order valence-corrected chi connectivity index (χ3v) is 2.48. The van der Waals surface area contributed by atoms with E-state index < -0.39 is 5.24 Å². The van der Waals surface area contributed by atoms with Crippen molar-refractivity contribution in [1.82, 2.24) is 0 Å². The van der Waals surface area contributed by atoms with Crippen LogP contribution in [-0.4, -0.2) is 26.6 Å². The Morgan fingerprint density at radius 1 is 1.12 bits per heavy atom. The zero-order valence-corrected chi connectivity index (χ0v) is 10.6. The van der Waals surface area contributed by atoms with E-state index in [9.17, 15) is 4.79 Å². The number of rotatable bonds is 5. The van der Waals surface area contributed by atoms with Crippen molar-refractivity contribution in [3.05, 3.63) is 24.3 Å². The highest BCUT2D eigenvalue weighted by molar-refractivity contribution is 6.74. The van der Waals surface area contributed by atoms with E-state index in [-0.39, 0.29) is 5.57 Å². The maximum atomic E-state index is 11.1. The summed E-state index contributed by atoms with van der Waals surface area (Å²) in [6.45, 7) is 3.60. The summed E-state index contributed by atoms with van der Waals surface area (Å²) < 4.78 is 15.5. The van der Waals surface area contributed by atoms with Crippen molar-refractivity contribution in [2.75, 3.05) is 21.3 Å². The van der Waals surface area contributed by atoms with Crippen molar-refractivity contribution >= 4 is 22.4 Å². The Balaban J connectivity index is 3.37. The van der Waals surface area contributed by atoms with Crippen LogP contribution in [0.4, 0.5) is 0 Å². The van der Waals surface area contributed by atoms with Gasteiger partial charge in [-0.15, -0.1) is 0 Å². The van der Waals surface area contributed by atoms with Crippen LogP contribution in [0.1, 0.15) is 5.56 Å². The minimum atomic E-state index is -0.626. The molecule has 0 N–H and O–H groups in total. The molecule has 1 aromatic carbocycles. The lowest BCUT2D eigenvalue weighted by molar-refractivity contribution is -0.106. The summed E-state index contributed by atoms with van der Waals surface area (Å²) in [5, 5.41) is -0.626. The molecule has 0 spiro atoms. The Kier molecular flexibility index (Phi) is 4.40. The van der Waals surface area contributed by atoms with Gasteiger partial charge in [-0.2, -0.15) is 0 Å². The van der Waals surface area contributed by atoms with Gasteiger partial charge < -0.3 is 14.2 Å². The fourth-order valence-corrected chi connectivity index (χ4v) is 1.48. The average molecular weight is 257 g/mol. The quantitative estimate of drug-likeness (QED) is 0.600. The summed E-state index contributed by atoms with van der Waals surface area (Å²) in [5.41, 5.74) is 0.699. The van der Waals surface area contributed by atoms with E-state index in [4.69, 9.17) is 25.8 Å². The van der Waals surface area contributed by atoms with Crippen molar-refractivity contribution in [2.24, 2.45) is 0 Å². The van der Waals surface area contributed by atoms with Crippen LogP contribution < -0.4 is 14.2 Å².